The Morgan fingerprint density at radius 2 is 1.88 bits per heavy atom. The van der Waals surface area contributed by atoms with Crippen molar-refractivity contribution in [2.45, 2.75) is 41.5 Å². The molecule has 0 fully saturated rings. The molecule has 0 aliphatic carbocycles. The average Bonchev–Trinajstić information content (AvgIpc) is 2.61. The van der Waals surface area contributed by atoms with Crippen LogP contribution in [-0.4, -0.2) is 35.9 Å². The summed E-state index contributed by atoms with van der Waals surface area (Å²) in [6.45, 7) is 12.1. The molecule has 0 aromatic carbocycles. The van der Waals surface area contributed by atoms with E-state index >= 15 is 0 Å². The lowest BCUT2D eigenvalue weighted by Crippen LogP contribution is -2.24. The van der Waals surface area contributed by atoms with Crippen LogP contribution in [-0.2, 0) is 9.59 Å². The molecular weight excluding hydrogens is 306 g/mol. The van der Waals surface area contributed by atoms with Crippen LogP contribution in [0.25, 0.3) is 6.08 Å². The summed E-state index contributed by atoms with van der Waals surface area (Å²) in [5, 5.41) is 14.7. The number of aromatic nitrogens is 1. The highest BCUT2D eigenvalue weighted by Gasteiger charge is 2.16. The Morgan fingerprint density at radius 3 is 2.33 bits per heavy atom. The Balaban J connectivity index is 0. The molecule has 0 saturated carbocycles. The molecule has 1 heterocycles. The Hall–Kier alpha value is -2.37. The van der Waals surface area contributed by atoms with E-state index in [4.69, 9.17) is 5.11 Å². The van der Waals surface area contributed by atoms with E-state index < -0.39 is 11.4 Å². The number of hydrogen-bond donors (Lipinski definition) is 3. The van der Waals surface area contributed by atoms with Crippen molar-refractivity contribution < 1.29 is 14.7 Å². The van der Waals surface area contributed by atoms with E-state index in [9.17, 15) is 9.59 Å². The van der Waals surface area contributed by atoms with Crippen molar-refractivity contribution in [2.24, 2.45) is 5.41 Å². The molecule has 0 radical (unpaired) electrons. The van der Waals surface area contributed by atoms with Gasteiger partial charge < -0.3 is 20.5 Å². The Bertz CT molecular complexity index is 526. The first-order valence-corrected chi connectivity index (χ1v) is 8.17. The standard InChI is InChI=1S/C14H19N3O3.2C2H6/c1-14(2,9-18)8-17-11-6-10(4-5-12(19)20)7-16-13(11)15-3;2*1-2/h4-7,9,17H,8H2,1-3H3,(H,15,16)(H,19,20);2*1-2H3/b5-4+;;. The third-order valence-electron chi connectivity index (χ3n) is 2.62. The van der Waals surface area contributed by atoms with Gasteiger partial charge in [0, 0.05) is 31.3 Å². The number of nitrogens with zero attached hydrogens (tertiary/aromatic N) is 1. The third kappa shape index (κ3) is 9.61. The Kier molecular flexibility index (Phi) is 13.0. The van der Waals surface area contributed by atoms with Crippen molar-refractivity contribution in [3.63, 3.8) is 0 Å². The first-order chi connectivity index (χ1) is 11.4. The summed E-state index contributed by atoms with van der Waals surface area (Å²) in [7, 11) is 1.74. The number of carbonyl (C=O) groups excluding carboxylic acids is 1. The van der Waals surface area contributed by atoms with Crippen LogP contribution in [0, 0.1) is 5.41 Å². The number of carboxylic acids is 1. The minimum atomic E-state index is -1.01. The quantitative estimate of drug-likeness (QED) is 0.516. The number of nitrogens with one attached hydrogen (secondary N) is 2. The van der Waals surface area contributed by atoms with Gasteiger partial charge in [0.1, 0.15) is 12.1 Å². The van der Waals surface area contributed by atoms with Crippen LogP contribution >= 0.6 is 0 Å². The topological polar surface area (TPSA) is 91.3 Å². The van der Waals surface area contributed by atoms with E-state index in [2.05, 4.69) is 15.6 Å². The van der Waals surface area contributed by atoms with Crippen molar-refractivity contribution in [3.8, 4) is 0 Å². The van der Waals surface area contributed by atoms with E-state index in [1.54, 1.807) is 19.3 Å². The second kappa shape index (κ2) is 13.1. The van der Waals surface area contributed by atoms with Crippen molar-refractivity contribution in [1.82, 2.24) is 4.98 Å². The molecule has 1 aromatic rings. The van der Waals surface area contributed by atoms with Gasteiger partial charge in [0.2, 0.25) is 0 Å². The maximum absolute atomic E-state index is 10.9. The van der Waals surface area contributed by atoms with Gasteiger partial charge in [0.05, 0.1) is 5.69 Å². The molecule has 24 heavy (non-hydrogen) atoms. The third-order valence-corrected chi connectivity index (χ3v) is 2.62. The van der Waals surface area contributed by atoms with Gasteiger partial charge in [0.15, 0.2) is 0 Å². The van der Waals surface area contributed by atoms with E-state index in [1.165, 1.54) is 6.08 Å². The van der Waals surface area contributed by atoms with Crippen LogP contribution in [0.5, 0.6) is 0 Å². The maximum Gasteiger partial charge on any atom is 0.328 e. The lowest BCUT2D eigenvalue weighted by Gasteiger charge is -2.19. The van der Waals surface area contributed by atoms with Crippen molar-refractivity contribution in [1.29, 1.82) is 0 Å². The van der Waals surface area contributed by atoms with Crippen molar-refractivity contribution >= 4 is 29.8 Å². The summed E-state index contributed by atoms with van der Waals surface area (Å²) in [4.78, 5) is 25.6. The smallest absolute Gasteiger partial charge is 0.328 e. The molecule has 0 aliphatic rings. The van der Waals surface area contributed by atoms with E-state index in [-0.39, 0.29) is 0 Å². The number of rotatable bonds is 7. The Morgan fingerprint density at radius 1 is 1.29 bits per heavy atom. The molecule has 0 saturated heterocycles. The fourth-order valence-electron chi connectivity index (χ4n) is 1.44. The average molecular weight is 337 g/mol. The number of aldehydes is 1. The number of aliphatic carboxylic acids is 1. The SMILES string of the molecule is CC.CC.CNc1ncc(/C=C/C(=O)O)cc1NCC(C)(C)C=O. The van der Waals surface area contributed by atoms with Gasteiger partial charge >= 0.3 is 5.97 Å². The Labute approximate surface area is 145 Å². The first-order valence-electron chi connectivity index (χ1n) is 8.17. The van der Waals surface area contributed by atoms with Gasteiger partial charge in [-0.1, -0.05) is 41.5 Å². The van der Waals surface area contributed by atoms with Crippen LogP contribution < -0.4 is 10.6 Å². The van der Waals surface area contributed by atoms with Crippen molar-refractivity contribution in [2.75, 3.05) is 24.2 Å². The second-order valence-corrected chi connectivity index (χ2v) is 5.05. The zero-order valence-corrected chi connectivity index (χ0v) is 15.8. The molecule has 136 valence electrons. The summed E-state index contributed by atoms with van der Waals surface area (Å²) in [6.07, 6.45) is 4.97. The number of pyridine rings is 1. The van der Waals surface area contributed by atoms with E-state index in [1.807, 2.05) is 41.5 Å². The lowest BCUT2D eigenvalue weighted by atomic mass is 9.96. The highest BCUT2D eigenvalue weighted by molar-refractivity contribution is 5.85. The summed E-state index contributed by atoms with van der Waals surface area (Å²) >= 11 is 0. The minimum Gasteiger partial charge on any atom is -0.478 e. The van der Waals surface area contributed by atoms with Gasteiger partial charge in [0.25, 0.3) is 0 Å². The predicted molar refractivity (Wildman–Crippen MR) is 101 cm³/mol. The monoisotopic (exact) mass is 337 g/mol. The zero-order chi connectivity index (χ0) is 19.2. The molecule has 0 spiro atoms. The van der Waals surface area contributed by atoms with Crippen LogP contribution in [0.3, 0.4) is 0 Å². The molecule has 0 amide bonds. The molecule has 3 N–H and O–H groups in total. The molecule has 1 rings (SSSR count). The van der Waals surface area contributed by atoms with E-state index in [0.29, 0.717) is 17.9 Å². The first kappa shape index (κ1) is 23.9. The normalized spacial score (nSPS) is 9.96. The highest BCUT2D eigenvalue weighted by Crippen LogP contribution is 2.22. The van der Waals surface area contributed by atoms with Crippen LogP contribution in [0.2, 0.25) is 0 Å². The predicted octanol–water partition coefficient (Wildman–Crippen LogP) is 3.91. The molecule has 6 nitrogen and oxygen atoms in total. The van der Waals surface area contributed by atoms with Crippen LogP contribution in [0.1, 0.15) is 47.1 Å². The van der Waals surface area contributed by atoms with Gasteiger partial charge in [-0.05, 0) is 17.7 Å². The summed E-state index contributed by atoms with van der Waals surface area (Å²) in [5.41, 5.74) is 0.894. The summed E-state index contributed by atoms with van der Waals surface area (Å²) < 4.78 is 0. The van der Waals surface area contributed by atoms with E-state index in [0.717, 1.165) is 18.0 Å². The number of anilines is 2. The number of carbonyl (C=O) groups is 2. The maximum atomic E-state index is 10.9. The minimum absolute atomic E-state index is 0.457. The van der Waals surface area contributed by atoms with Crippen LogP contribution in [0.15, 0.2) is 18.3 Å². The molecule has 6 heteroatoms. The largest absolute Gasteiger partial charge is 0.478 e. The number of carboxylic acid groups (broad SMARTS) is 1. The lowest BCUT2D eigenvalue weighted by molar-refractivity contribution is -0.131. The summed E-state index contributed by atoms with van der Waals surface area (Å²) in [5.74, 6) is -0.376. The van der Waals surface area contributed by atoms with Crippen molar-refractivity contribution in [3.05, 3.63) is 23.9 Å². The molecule has 0 aliphatic heterocycles. The van der Waals surface area contributed by atoms with Gasteiger partial charge in [-0.2, -0.15) is 0 Å². The number of hydrogen-bond acceptors (Lipinski definition) is 5. The molecule has 1 aromatic heterocycles. The van der Waals surface area contributed by atoms with Gasteiger partial charge in [-0.15, -0.1) is 0 Å². The fourth-order valence-corrected chi connectivity index (χ4v) is 1.44. The summed E-state index contributed by atoms with van der Waals surface area (Å²) in [6, 6.07) is 1.78. The zero-order valence-electron chi connectivity index (χ0n) is 15.8. The second-order valence-electron chi connectivity index (χ2n) is 5.05. The molecule has 0 bridgehead atoms. The van der Waals surface area contributed by atoms with Crippen LogP contribution in [0.4, 0.5) is 11.5 Å². The highest BCUT2D eigenvalue weighted by atomic mass is 16.4. The van der Waals surface area contributed by atoms with Gasteiger partial charge in [-0.25, -0.2) is 9.78 Å². The molecule has 0 unspecified atom stereocenters. The fraction of sp³-hybridized carbons (Fsp3) is 0.500. The molecule has 0 atom stereocenters. The molecular formula is C18H31N3O3. The van der Waals surface area contributed by atoms with Gasteiger partial charge in [-0.3, -0.25) is 0 Å².